The minimum absolute atomic E-state index is 1.02. The molecule has 114 valence electrons. The molecular weight excluding hydrogens is 276 g/mol. The number of rotatable bonds is 7. The summed E-state index contributed by atoms with van der Waals surface area (Å²) in [5.74, 6) is 0. The summed E-state index contributed by atoms with van der Waals surface area (Å²) < 4.78 is 0. The third-order valence-corrected chi connectivity index (χ3v) is 4.66. The largest absolute Gasteiger partial charge is 0.308 e. The lowest BCUT2D eigenvalue weighted by Gasteiger charge is -2.24. The highest BCUT2D eigenvalue weighted by Gasteiger charge is 2.09. The van der Waals surface area contributed by atoms with Crippen molar-refractivity contribution in [1.29, 1.82) is 0 Å². The minimum atomic E-state index is 1.02. The third kappa shape index (κ3) is 5.27. The van der Waals surface area contributed by atoms with E-state index in [-0.39, 0.29) is 0 Å². The Bertz CT molecular complexity index is 546. The van der Waals surface area contributed by atoms with E-state index in [2.05, 4.69) is 73.5 Å². The van der Waals surface area contributed by atoms with E-state index in [1.807, 2.05) is 11.3 Å². The zero-order valence-corrected chi connectivity index (χ0v) is 14.4. The lowest BCUT2D eigenvalue weighted by molar-refractivity contribution is 0.228. The molecule has 1 heterocycles. The van der Waals surface area contributed by atoms with Crippen LogP contribution in [0.4, 0.5) is 0 Å². The van der Waals surface area contributed by atoms with Crippen LogP contribution in [0.1, 0.15) is 21.6 Å². The van der Waals surface area contributed by atoms with Gasteiger partial charge in [0, 0.05) is 31.1 Å². The number of thiophene rings is 1. The molecule has 0 fully saturated rings. The second-order valence-electron chi connectivity index (χ2n) is 6.01. The van der Waals surface area contributed by atoms with Gasteiger partial charge in [0.05, 0.1) is 0 Å². The van der Waals surface area contributed by atoms with Crippen LogP contribution in [0, 0.1) is 13.8 Å². The maximum atomic E-state index is 2.54. The van der Waals surface area contributed by atoms with Gasteiger partial charge < -0.3 is 4.90 Å². The van der Waals surface area contributed by atoms with E-state index >= 15 is 0 Å². The summed E-state index contributed by atoms with van der Waals surface area (Å²) in [7, 11) is 4.28. The van der Waals surface area contributed by atoms with Crippen molar-refractivity contribution in [2.75, 3.05) is 27.2 Å². The second kappa shape index (κ2) is 7.74. The van der Waals surface area contributed by atoms with Gasteiger partial charge in [-0.05, 0) is 56.1 Å². The van der Waals surface area contributed by atoms with Crippen LogP contribution in [-0.2, 0) is 13.1 Å². The number of nitrogens with zero attached hydrogens (tertiary/aromatic N) is 2. The van der Waals surface area contributed by atoms with Crippen molar-refractivity contribution in [2.24, 2.45) is 0 Å². The highest BCUT2D eigenvalue weighted by atomic mass is 32.1. The Morgan fingerprint density at radius 2 is 1.76 bits per heavy atom. The molecule has 0 bridgehead atoms. The van der Waals surface area contributed by atoms with Crippen LogP contribution in [-0.4, -0.2) is 37.0 Å². The lowest BCUT2D eigenvalue weighted by Crippen LogP contribution is -2.30. The smallest absolute Gasteiger partial charge is 0.0331 e. The Hall–Kier alpha value is -1.16. The molecule has 0 unspecified atom stereocenters. The Labute approximate surface area is 133 Å². The van der Waals surface area contributed by atoms with E-state index in [4.69, 9.17) is 0 Å². The minimum Gasteiger partial charge on any atom is -0.308 e. The Morgan fingerprint density at radius 3 is 2.38 bits per heavy atom. The summed E-state index contributed by atoms with van der Waals surface area (Å²) in [5, 5.41) is 2.16. The molecule has 0 saturated carbocycles. The zero-order valence-electron chi connectivity index (χ0n) is 13.6. The molecule has 0 aliphatic carbocycles. The second-order valence-corrected chi connectivity index (χ2v) is 7.04. The molecule has 2 nitrogen and oxygen atoms in total. The topological polar surface area (TPSA) is 6.48 Å². The van der Waals surface area contributed by atoms with Gasteiger partial charge in [-0.3, -0.25) is 4.90 Å². The first-order valence-corrected chi connectivity index (χ1v) is 8.38. The van der Waals surface area contributed by atoms with Crippen molar-refractivity contribution in [3.05, 3.63) is 57.3 Å². The Kier molecular flexibility index (Phi) is 5.97. The summed E-state index contributed by atoms with van der Waals surface area (Å²) in [6.45, 7) is 8.62. The molecule has 21 heavy (non-hydrogen) atoms. The van der Waals surface area contributed by atoms with Crippen molar-refractivity contribution in [1.82, 2.24) is 9.80 Å². The number of aryl methyl sites for hydroxylation is 2. The van der Waals surface area contributed by atoms with Gasteiger partial charge in [0.25, 0.3) is 0 Å². The fourth-order valence-corrected chi connectivity index (χ4v) is 3.08. The number of hydrogen-bond acceptors (Lipinski definition) is 3. The highest BCUT2D eigenvalue weighted by molar-refractivity contribution is 7.09. The number of likely N-dealkylation sites (N-methyl/N-ethyl adjacent to an activating group) is 1. The third-order valence-electron chi connectivity index (χ3n) is 3.80. The maximum Gasteiger partial charge on any atom is 0.0331 e. The molecule has 3 heteroatoms. The fourth-order valence-electron chi connectivity index (χ4n) is 2.34. The van der Waals surface area contributed by atoms with Crippen LogP contribution >= 0.6 is 11.3 Å². The molecule has 0 radical (unpaired) electrons. The van der Waals surface area contributed by atoms with Gasteiger partial charge in [0.1, 0.15) is 0 Å². The zero-order chi connectivity index (χ0) is 15.2. The van der Waals surface area contributed by atoms with Gasteiger partial charge in [-0.2, -0.15) is 0 Å². The first-order chi connectivity index (χ1) is 10.0. The van der Waals surface area contributed by atoms with Crippen LogP contribution in [0.2, 0.25) is 0 Å². The molecule has 0 N–H and O–H groups in total. The predicted octanol–water partition coefficient (Wildman–Crippen LogP) is 3.93. The van der Waals surface area contributed by atoms with Crippen LogP contribution < -0.4 is 0 Å². The number of benzene rings is 1. The molecular formula is C18H26N2S. The maximum absolute atomic E-state index is 2.54. The summed E-state index contributed by atoms with van der Waals surface area (Å²) in [5.41, 5.74) is 4.17. The molecule has 0 atom stereocenters. The molecule has 0 spiro atoms. The molecule has 2 aromatic rings. The Balaban J connectivity index is 2.04. The summed E-state index contributed by atoms with van der Waals surface area (Å²) in [6.07, 6.45) is 0. The summed E-state index contributed by atoms with van der Waals surface area (Å²) in [4.78, 5) is 6.23. The van der Waals surface area contributed by atoms with Crippen LogP contribution in [0.25, 0.3) is 0 Å². The van der Waals surface area contributed by atoms with Crippen LogP contribution in [0.15, 0.2) is 35.7 Å². The average Bonchev–Trinajstić information content (AvgIpc) is 2.93. The summed E-state index contributed by atoms with van der Waals surface area (Å²) >= 11 is 1.85. The van der Waals surface area contributed by atoms with Crippen molar-refractivity contribution in [3.63, 3.8) is 0 Å². The summed E-state index contributed by atoms with van der Waals surface area (Å²) in [6, 6.07) is 11.2. The molecule has 1 aromatic heterocycles. The Morgan fingerprint density at radius 1 is 0.952 bits per heavy atom. The van der Waals surface area contributed by atoms with Gasteiger partial charge in [-0.15, -0.1) is 11.3 Å². The monoisotopic (exact) mass is 302 g/mol. The normalized spacial score (nSPS) is 11.5. The average molecular weight is 302 g/mol. The highest BCUT2D eigenvalue weighted by Crippen LogP contribution is 2.16. The molecule has 0 aliphatic rings. The lowest BCUT2D eigenvalue weighted by atomic mass is 10.1. The SMILES string of the molecule is Cc1ccc(CN(CCN(C)C)Cc2cccs2)cc1C. The molecule has 2 rings (SSSR count). The van der Waals surface area contributed by atoms with Crippen molar-refractivity contribution in [2.45, 2.75) is 26.9 Å². The fraction of sp³-hybridized carbons (Fsp3) is 0.444. The van der Waals surface area contributed by atoms with E-state index < -0.39 is 0 Å². The standard InChI is InChI=1S/C18H26N2S/c1-15-7-8-17(12-16(15)2)13-20(10-9-19(3)4)14-18-6-5-11-21-18/h5-8,11-12H,9-10,13-14H2,1-4H3. The van der Waals surface area contributed by atoms with Crippen molar-refractivity contribution < 1.29 is 0 Å². The van der Waals surface area contributed by atoms with Gasteiger partial charge in [-0.25, -0.2) is 0 Å². The first-order valence-electron chi connectivity index (χ1n) is 7.50. The van der Waals surface area contributed by atoms with Gasteiger partial charge >= 0.3 is 0 Å². The molecule has 1 aromatic carbocycles. The van der Waals surface area contributed by atoms with Crippen molar-refractivity contribution >= 4 is 11.3 Å². The predicted molar refractivity (Wildman–Crippen MR) is 92.9 cm³/mol. The van der Waals surface area contributed by atoms with E-state index in [0.29, 0.717) is 0 Å². The van der Waals surface area contributed by atoms with E-state index in [1.165, 1.54) is 21.6 Å². The molecule has 0 saturated heterocycles. The van der Waals surface area contributed by atoms with E-state index in [9.17, 15) is 0 Å². The van der Waals surface area contributed by atoms with Gasteiger partial charge in [-0.1, -0.05) is 24.3 Å². The van der Waals surface area contributed by atoms with Crippen LogP contribution in [0.3, 0.4) is 0 Å². The van der Waals surface area contributed by atoms with E-state index in [0.717, 1.165) is 26.2 Å². The van der Waals surface area contributed by atoms with Crippen molar-refractivity contribution in [3.8, 4) is 0 Å². The van der Waals surface area contributed by atoms with E-state index in [1.54, 1.807) is 0 Å². The quantitative estimate of drug-likeness (QED) is 0.764. The first kappa shape index (κ1) is 16.2. The van der Waals surface area contributed by atoms with Gasteiger partial charge in [0.2, 0.25) is 0 Å². The van der Waals surface area contributed by atoms with Crippen LogP contribution in [0.5, 0.6) is 0 Å². The molecule has 0 amide bonds. The van der Waals surface area contributed by atoms with Gasteiger partial charge in [0.15, 0.2) is 0 Å². The molecule has 0 aliphatic heterocycles. The number of hydrogen-bond donors (Lipinski definition) is 0.